The van der Waals surface area contributed by atoms with E-state index in [9.17, 15) is 0 Å². The molecule has 0 rings (SSSR count). The normalized spacial score (nSPS) is 16.6. The van der Waals surface area contributed by atoms with Gasteiger partial charge < -0.3 is 0 Å². The van der Waals surface area contributed by atoms with Crippen LogP contribution in [0, 0.1) is 11.8 Å². The van der Waals surface area contributed by atoms with Gasteiger partial charge in [0.2, 0.25) is 0 Å². The van der Waals surface area contributed by atoms with Gasteiger partial charge >= 0.3 is 0 Å². The summed E-state index contributed by atoms with van der Waals surface area (Å²) < 4.78 is 0. The minimum absolute atomic E-state index is 0.911. The monoisotopic (exact) mass is 370 g/mol. The fraction of sp³-hybridized carbons (Fsp3) is 1.00. The van der Waals surface area contributed by atoms with Gasteiger partial charge in [0.1, 0.15) is 0 Å². The first-order valence-corrected chi connectivity index (χ1v) is 12.8. The maximum Gasteiger partial charge on any atom is 0.00781 e. The first kappa shape index (κ1) is 25.4. The number of hydrogen-bond donors (Lipinski definition) is 0. The Morgan fingerprint density at radius 3 is 1.08 bits per heavy atom. The Morgan fingerprint density at radius 2 is 0.800 bits per heavy atom. The van der Waals surface area contributed by atoms with E-state index in [0.29, 0.717) is 0 Å². The fourth-order valence-electron chi connectivity index (χ4n) is 4.10. The van der Waals surface area contributed by atoms with Crippen LogP contribution in [0.4, 0.5) is 0 Å². The van der Waals surface area contributed by atoms with Gasteiger partial charge in [0.15, 0.2) is 0 Å². The summed E-state index contributed by atoms with van der Waals surface area (Å²) in [6.45, 7) is 14.3. The molecule has 0 aromatic rings. The molecule has 0 bridgehead atoms. The molecule has 0 saturated carbocycles. The second-order valence-corrected chi connectivity index (χ2v) is 9.60. The zero-order valence-corrected chi connectivity index (χ0v) is 19.4. The SMILES string of the molecule is CCCCC(CC)C(CCCC)SC(CCCC)C(CC)CCCC. The molecule has 0 aliphatic rings. The van der Waals surface area contributed by atoms with Crippen LogP contribution in [-0.2, 0) is 0 Å². The zero-order chi connectivity index (χ0) is 18.9. The molecule has 4 atom stereocenters. The fourth-order valence-corrected chi connectivity index (χ4v) is 6.26. The van der Waals surface area contributed by atoms with Gasteiger partial charge in [-0.3, -0.25) is 0 Å². The smallest absolute Gasteiger partial charge is 0.00781 e. The maximum atomic E-state index is 2.44. The lowest BCUT2D eigenvalue weighted by Crippen LogP contribution is -2.25. The van der Waals surface area contributed by atoms with Crippen LogP contribution in [0.3, 0.4) is 0 Å². The van der Waals surface area contributed by atoms with Gasteiger partial charge in [0, 0.05) is 10.5 Å². The minimum Gasteiger partial charge on any atom is -0.155 e. The van der Waals surface area contributed by atoms with E-state index in [2.05, 4.69) is 53.3 Å². The second-order valence-electron chi connectivity index (χ2n) is 8.12. The molecule has 0 spiro atoms. The third kappa shape index (κ3) is 11.6. The van der Waals surface area contributed by atoms with E-state index in [0.717, 1.165) is 22.3 Å². The minimum atomic E-state index is 0.911. The van der Waals surface area contributed by atoms with Crippen molar-refractivity contribution < 1.29 is 0 Å². The van der Waals surface area contributed by atoms with E-state index in [-0.39, 0.29) is 0 Å². The quantitative estimate of drug-likeness (QED) is 0.231. The summed E-state index contributed by atoms with van der Waals surface area (Å²) in [5.41, 5.74) is 0. The van der Waals surface area contributed by atoms with Gasteiger partial charge in [0.25, 0.3) is 0 Å². The number of hydrogen-bond acceptors (Lipinski definition) is 1. The number of thioether (sulfide) groups is 1. The van der Waals surface area contributed by atoms with Crippen LogP contribution < -0.4 is 0 Å². The Morgan fingerprint density at radius 1 is 0.480 bits per heavy atom. The van der Waals surface area contributed by atoms with Gasteiger partial charge in [-0.2, -0.15) is 11.8 Å². The summed E-state index contributed by atoms with van der Waals surface area (Å²) in [6.07, 6.45) is 19.7. The van der Waals surface area contributed by atoms with E-state index >= 15 is 0 Å². The molecule has 0 aromatic heterocycles. The van der Waals surface area contributed by atoms with E-state index in [1.165, 1.54) is 89.9 Å². The Balaban J connectivity index is 5.04. The highest BCUT2D eigenvalue weighted by atomic mass is 32.2. The lowest BCUT2D eigenvalue weighted by atomic mass is 9.92. The number of rotatable bonds is 18. The van der Waals surface area contributed by atoms with Gasteiger partial charge in [-0.1, -0.05) is 106 Å². The summed E-state index contributed by atoms with van der Waals surface area (Å²) in [6, 6.07) is 0. The molecule has 0 radical (unpaired) electrons. The summed E-state index contributed by atoms with van der Waals surface area (Å²) in [5, 5.41) is 1.82. The van der Waals surface area contributed by atoms with Crippen LogP contribution in [0.5, 0.6) is 0 Å². The lowest BCUT2D eigenvalue weighted by Gasteiger charge is -2.34. The first-order chi connectivity index (χ1) is 12.2. The van der Waals surface area contributed by atoms with E-state index < -0.39 is 0 Å². The molecule has 25 heavy (non-hydrogen) atoms. The molecule has 4 unspecified atom stereocenters. The highest BCUT2D eigenvalue weighted by Gasteiger charge is 2.27. The molecule has 1 heteroatoms. The van der Waals surface area contributed by atoms with Crippen molar-refractivity contribution in [2.45, 2.75) is 142 Å². The van der Waals surface area contributed by atoms with Gasteiger partial charge in [-0.15, -0.1) is 0 Å². The number of unbranched alkanes of at least 4 members (excludes halogenated alkanes) is 4. The van der Waals surface area contributed by atoms with Crippen LogP contribution in [0.15, 0.2) is 0 Å². The topological polar surface area (TPSA) is 0 Å². The Kier molecular flexibility index (Phi) is 18.0. The van der Waals surface area contributed by atoms with Gasteiger partial charge in [0.05, 0.1) is 0 Å². The van der Waals surface area contributed by atoms with Crippen molar-refractivity contribution in [1.29, 1.82) is 0 Å². The van der Waals surface area contributed by atoms with Crippen LogP contribution in [0.2, 0.25) is 0 Å². The Bertz CT molecular complexity index is 237. The highest BCUT2D eigenvalue weighted by Crippen LogP contribution is 2.39. The molecule has 0 heterocycles. The van der Waals surface area contributed by atoms with Crippen molar-refractivity contribution in [3.8, 4) is 0 Å². The van der Waals surface area contributed by atoms with Crippen molar-refractivity contribution in [2.24, 2.45) is 11.8 Å². The molecule has 0 amide bonds. The van der Waals surface area contributed by atoms with Crippen LogP contribution in [-0.4, -0.2) is 10.5 Å². The first-order valence-electron chi connectivity index (χ1n) is 11.8. The molecule has 0 nitrogen and oxygen atoms in total. The summed E-state index contributed by atoms with van der Waals surface area (Å²) in [5.74, 6) is 1.90. The predicted octanol–water partition coefficient (Wildman–Crippen LogP) is 9.27. The summed E-state index contributed by atoms with van der Waals surface area (Å²) in [4.78, 5) is 0. The van der Waals surface area contributed by atoms with Crippen molar-refractivity contribution in [3.63, 3.8) is 0 Å². The highest BCUT2D eigenvalue weighted by molar-refractivity contribution is 8.00. The van der Waals surface area contributed by atoms with Gasteiger partial charge in [-0.25, -0.2) is 0 Å². The molecule has 0 N–H and O–H groups in total. The molecular weight excluding hydrogens is 320 g/mol. The largest absolute Gasteiger partial charge is 0.155 e. The van der Waals surface area contributed by atoms with E-state index in [1.54, 1.807) is 0 Å². The third-order valence-electron chi connectivity index (χ3n) is 5.99. The molecule has 0 aliphatic heterocycles. The zero-order valence-electron chi connectivity index (χ0n) is 18.6. The van der Waals surface area contributed by atoms with Crippen molar-refractivity contribution in [3.05, 3.63) is 0 Å². The van der Waals surface area contributed by atoms with Crippen LogP contribution in [0.25, 0.3) is 0 Å². The van der Waals surface area contributed by atoms with Crippen LogP contribution >= 0.6 is 11.8 Å². The third-order valence-corrected chi connectivity index (χ3v) is 7.93. The van der Waals surface area contributed by atoms with Gasteiger partial charge in [-0.05, 0) is 37.5 Å². The molecule has 0 fully saturated rings. The van der Waals surface area contributed by atoms with Crippen molar-refractivity contribution in [2.75, 3.05) is 0 Å². The lowest BCUT2D eigenvalue weighted by molar-refractivity contribution is 0.395. The standard InChI is InChI=1S/C24H50S/c1-7-13-17-21(11-5)23(19-15-9-3)25-24(20-16-10-4)22(12-6)18-14-8-2/h21-24H,7-20H2,1-6H3. The molecule has 0 saturated heterocycles. The molecule has 0 aromatic carbocycles. The van der Waals surface area contributed by atoms with Crippen LogP contribution in [0.1, 0.15) is 131 Å². The maximum absolute atomic E-state index is 2.44. The summed E-state index contributed by atoms with van der Waals surface area (Å²) >= 11 is 2.44. The van der Waals surface area contributed by atoms with Crippen molar-refractivity contribution in [1.82, 2.24) is 0 Å². The predicted molar refractivity (Wildman–Crippen MR) is 121 cm³/mol. The average Bonchev–Trinajstić information content (AvgIpc) is 2.64. The summed E-state index contributed by atoms with van der Waals surface area (Å²) in [7, 11) is 0. The van der Waals surface area contributed by atoms with Crippen molar-refractivity contribution >= 4 is 11.8 Å². The Hall–Kier alpha value is 0.350. The Labute approximate surface area is 165 Å². The average molecular weight is 371 g/mol. The second kappa shape index (κ2) is 17.7. The van der Waals surface area contributed by atoms with E-state index in [1.807, 2.05) is 0 Å². The molecule has 152 valence electrons. The molecular formula is C24H50S. The van der Waals surface area contributed by atoms with E-state index in [4.69, 9.17) is 0 Å². The molecule has 0 aliphatic carbocycles.